The number of rotatable bonds is 2. The highest BCUT2D eigenvalue weighted by Crippen LogP contribution is 2.74. The Hall–Kier alpha value is 0.170. The maximum Gasteiger partial charge on any atom is 0.124 e. The number of aldehydes is 1. The van der Waals surface area contributed by atoms with Crippen LogP contribution < -0.4 is 0 Å². The Bertz CT molecular complexity index is 632. The van der Waals surface area contributed by atoms with Crippen molar-refractivity contribution in [1.82, 2.24) is 0 Å². The van der Waals surface area contributed by atoms with Crippen molar-refractivity contribution in [2.24, 2.45) is 39.4 Å². The molecule has 1 saturated heterocycles. The van der Waals surface area contributed by atoms with Crippen LogP contribution in [0.4, 0.5) is 0 Å². The average molecular weight is 397 g/mol. The van der Waals surface area contributed by atoms with Crippen LogP contribution in [0.1, 0.15) is 73.1 Å². The molecule has 1 aliphatic heterocycles. The second kappa shape index (κ2) is 6.08. The van der Waals surface area contributed by atoms with Crippen LogP contribution in [0.5, 0.6) is 0 Å². The van der Waals surface area contributed by atoms with Crippen molar-refractivity contribution in [2.45, 2.75) is 77.7 Å². The van der Waals surface area contributed by atoms with Gasteiger partial charge in [0.05, 0.1) is 4.58 Å². The molecule has 4 heteroatoms. The van der Waals surface area contributed by atoms with Gasteiger partial charge in [-0.15, -0.1) is 11.8 Å². The van der Waals surface area contributed by atoms with Gasteiger partial charge in [-0.1, -0.05) is 41.0 Å². The molecule has 2 unspecified atom stereocenters. The van der Waals surface area contributed by atoms with Gasteiger partial charge in [0.25, 0.3) is 0 Å². The van der Waals surface area contributed by atoms with Gasteiger partial charge in [-0.25, -0.2) is 0 Å². The van der Waals surface area contributed by atoms with Crippen LogP contribution in [-0.4, -0.2) is 26.6 Å². The maximum atomic E-state index is 12.8. The Morgan fingerprint density at radius 1 is 0.962 bits per heavy atom. The summed E-state index contributed by atoms with van der Waals surface area (Å²) in [6.45, 7) is 12.2. The molecule has 0 spiro atoms. The van der Waals surface area contributed by atoms with E-state index in [1.165, 1.54) is 38.4 Å². The van der Waals surface area contributed by atoms with E-state index in [0.717, 1.165) is 23.8 Å². The lowest BCUT2D eigenvalue weighted by molar-refractivity contribution is -0.135. The molecule has 8 atom stereocenters. The molecule has 0 N–H and O–H groups in total. The molecule has 3 saturated carbocycles. The van der Waals surface area contributed by atoms with Gasteiger partial charge in [-0.3, -0.25) is 4.21 Å². The molecule has 4 rings (SSSR count). The summed E-state index contributed by atoms with van der Waals surface area (Å²) in [4.78, 5) is 12.4. The SMILES string of the molecule is CC1(C)CCC[C@]2(C)[C@H]3C[C@](C)(C4SCCS4=O)[C@@H](C=O)[C@]3(C)CC[C@@H]12. The molecule has 0 aromatic heterocycles. The highest BCUT2D eigenvalue weighted by molar-refractivity contribution is 8.14. The van der Waals surface area contributed by atoms with E-state index in [0.29, 0.717) is 16.7 Å². The number of thioether (sulfide) groups is 1. The van der Waals surface area contributed by atoms with Gasteiger partial charge in [-0.2, -0.15) is 0 Å². The molecular formula is C22H36O2S2. The molecule has 0 aromatic rings. The Morgan fingerprint density at radius 3 is 2.31 bits per heavy atom. The molecule has 3 aliphatic carbocycles. The summed E-state index contributed by atoms with van der Waals surface area (Å²) < 4.78 is 12.9. The third-order valence-electron chi connectivity index (χ3n) is 9.37. The average Bonchev–Trinajstić information content (AvgIpc) is 3.07. The largest absolute Gasteiger partial charge is 0.303 e. The van der Waals surface area contributed by atoms with Crippen molar-refractivity contribution in [2.75, 3.05) is 11.5 Å². The minimum atomic E-state index is -0.778. The molecule has 0 bridgehead atoms. The lowest BCUT2D eigenvalue weighted by Crippen LogP contribution is -2.54. The van der Waals surface area contributed by atoms with Crippen molar-refractivity contribution >= 4 is 28.8 Å². The third-order valence-corrected chi connectivity index (χ3v) is 13.6. The van der Waals surface area contributed by atoms with Gasteiger partial charge in [0.1, 0.15) is 6.29 Å². The standard InChI is InChI=1S/C22H36O2S2/c1-19(2)8-6-9-20(3)15(19)7-10-21(4)16(20)13-22(5,17(21)14-23)18-25-11-12-26(18)24/h14-18H,6-13H2,1-5H3/t15-,16+,17-,18?,20-,21+,22-,26?/m0/s1. The first-order chi connectivity index (χ1) is 12.1. The summed E-state index contributed by atoms with van der Waals surface area (Å²) >= 11 is 1.88. The van der Waals surface area contributed by atoms with E-state index < -0.39 is 10.8 Å². The number of fused-ring (bicyclic) bond motifs is 3. The quantitative estimate of drug-likeness (QED) is 0.595. The molecule has 0 radical (unpaired) electrons. The highest BCUT2D eigenvalue weighted by Gasteiger charge is 2.69. The predicted octanol–water partition coefficient (Wildman–Crippen LogP) is 5.28. The van der Waals surface area contributed by atoms with Crippen LogP contribution in [0, 0.1) is 39.4 Å². The molecule has 4 fully saturated rings. The fraction of sp³-hybridized carbons (Fsp3) is 0.955. The smallest absolute Gasteiger partial charge is 0.124 e. The third kappa shape index (κ3) is 2.42. The van der Waals surface area contributed by atoms with E-state index in [2.05, 4.69) is 34.6 Å². The maximum absolute atomic E-state index is 12.8. The topological polar surface area (TPSA) is 34.1 Å². The minimum absolute atomic E-state index is 0.0577. The van der Waals surface area contributed by atoms with Gasteiger partial charge in [0.15, 0.2) is 0 Å². The molecule has 0 aromatic carbocycles. The number of carbonyl (C=O) groups is 1. The van der Waals surface area contributed by atoms with Crippen molar-refractivity contribution in [3.05, 3.63) is 0 Å². The van der Waals surface area contributed by atoms with Gasteiger partial charge in [0, 0.05) is 33.6 Å². The Balaban J connectivity index is 1.78. The van der Waals surface area contributed by atoms with Crippen molar-refractivity contribution in [1.29, 1.82) is 0 Å². The fourth-order valence-electron chi connectivity index (χ4n) is 8.31. The lowest BCUT2D eigenvalue weighted by atomic mass is 9.43. The van der Waals surface area contributed by atoms with Crippen LogP contribution in [0.15, 0.2) is 0 Å². The molecule has 1 heterocycles. The van der Waals surface area contributed by atoms with Crippen LogP contribution in [0.2, 0.25) is 0 Å². The Kier molecular flexibility index (Phi) is 4.56. The van der Waals surface area contributed by atoms with E-state index in [-0.39, 0.29) is 21.3 Å². The normalized spacial score (nSPS) is 56.0. The molecule has 0 amide bonds. The minimum Gasteiger partial charge on any atom is -0.303 e. The first-order valence-electron chi connectivity index (χ1n) is 10.5. The van der Waals surface area contributed by atoms with Crippen molar-refractivity contribution in [3.63, 3.8) is 0 Å². The summed E-state index contributed by atoms with van der Waals surface area (Å²) in [5.74, 6) is 3.21. The zero-order chi connectivity index (χ0) is 19.0. The van der Waals surface area contributed by atoms with Gasteiger partial charge in [0.2, 0.25) is 0 Å². The lowest BCUT2D eigenvalue weighted by Gasteiger charge is -2.61. The fourth-order valence-corrected chi connectivity index (χ4v) is 12.4. The van der Waals surface area contributed by atoms with Gasteiger partial charge >= 0.3 is 0 Å². The van der Waals surface area contributed by atoms with Gasteiger partial charge in [-0.05, 0) is 60.2 Å². The van der Waals surface area contributed by atoms with E-state index in [1.807, 2.05) is 11.8 Å². The first-order valence-corrected chi connectivity index (χ1v) is 13.0. The van der Waals surface area contributed by atoms with Gasteiger partial charge < -0.3 is 4.79 Å². The van der Waals surface area contributed by atoms with Crippen molar-refractivity contribution in [3.8, 4) is 0 Å². The molecule has 4 aliphatic rings. The van der Waals surface area contributed by atoms with Crippen molar-refractivity contribution < 1.29 is 9.00 Å². The summed E-state index contributed by atoms with van der Waals surface area (Å²) in [7, 11) is -0.778. The molecular weight excluding hydrogens is 360 g/mol. The van der Waals surface area contributed by atoms with Crippen LogP contribution in [-0.2, 0) is 15.6 Å². The monoisotopic (exact) mass is 396 g/mol. The van der Waals surface area contributed by atoms with Crippen LogP contribution in [0.25, 0.3) is 0 Å². The number of carbonyl (C=O) groups excluding carboxylic acids is 1. The number of hydrogen-bond donors (Lipinski definition) is 0. The van der Waals surface area contributed by atoms with E-state index in [4.69, 9.17) is 0 Å². The number of hydrogen-bond acceptors (Lipinski definition) is 3. The molecule has 26 heavy (non-hydrogen) atoms. The summed E-state index contributed by atoms with van der Waals surface area (Å²) in [6.07, 6.45) is 8.77. The zero-order valence-corrected chi connectivity index (χ0v) is 18.8. The Labute approximate surface area is 166 Å². The zero-order valence-electron chi connectivity index (χ0n) is 17.2. The molecule has 2 nitrogen and oxygen atoms in total. The molecule has 148 valence electrons. The van der Waals surface area contributed by atoms with E-state index in [1.54, 1.807) is 0 Å². The van der Waals surface area contributed by atoms with Crippen LogP contribution in [0.3, 0.4) is 0 Å². The van der Waals surface area contributed by atoms with E-state index >= 15 is 0 Å². The first kappa shape index (κ1) is 19.5. The predicted molar refractivity (Wildman–Crippen MR) is 112 cm³/mol. The second-order valence-corrected chi connectivity index (χ2v) is 14.3. The van der Waals surface area contributed by atoms with Crippen LogP contribution >= 0.6 is 11.8 Å². The second-order valence-electron chi connectivity index (χ2n) is 11.1. The summed E-state index contributed by atoms with van der Waals surface area (Å²) in [5.41, 5.74) is 0.725. The highest BCUT2D eigenvalue weighted by atomic mass is 32.2. The van der Waals surface area contributed by atoms with E-state index in [9.17, 15) is 9.00 Å². The Morgan fingerprint density at radius 2 is 1.69 bits per heavy atom. The summed E-state index contributed by atoms with van der Waals surface area (Å²) in [5, 5.41) is 0. The summed E-state index contributed by atoms with van der Waals surface area (Å²) in [6, 6.07) is 0.